The quantitative estimate of drug-likeness (QED) is 0.524. The molecule has 1 aliphatic rings. The summed E-state index contributed by atoms with van der Waals surface area (Å²) in [7, 11) is 0. The van der Waals surface area contributed by atoms with Gasteiger partial charge in [0.2, 0.25) is 0 Å². The van der Waals surface area contributed by atoms with Gasteiger partial charge in [-0.25, -0.2) is 0 Å². The molecule has 0 amide bonds. The third-order valence-electron chi connectivity index (χ3n) is 2.53. The highest BCUT2D eigenvalue weighted by molar-refractivity contribution is 5.65. The predicted molar refractivity (Wildman–Crippen MR) is 48.5 cm³/mol. The van der Waals surface area contributed by atoms with E-state index in [0.717, 1.165) is 0 Å². The first-order valence-electron chi connectivity index (χ1n) is 4.06. The molecule has 1 atom stereocenters. The van der Waals surface area contributed by atoms with Gasteiger partial charge in [0.15, 0.2) is 0 Å². The molecule has 0 saturated heterocycles. The standard InChI is InChI=1S/C11H12/c1-8-7-10-5-3-4-6-11(10)9(8)2/h3-7,9H,1-2H3/t9-/m1/s1. The van der Waals surface area contributed by atoms with Crippen LogP contribution in [0.25, 0.3) is 6.08 Å². The van der Waals surface area contributed by atoms with Crippen LogP contribution in [-0.4, -0.2) is 0 Å². The summed E-state index contributed by atoms with van der Waals surface area (Å²) in [5.74, 6) is 0.631. The van der Waals surface area contributed by atoms with Crippen molar-refractivity contribution in [1.29, 1.82) is 0 Å². The largest absolute Gasteiger partial charge is 0.0655 e. The number of fused-ring (bicyclic) bond motifs is 1. The second kappa shape index (κ2) is 2.23. The van der Waals surface area contributed by atoms with Crippen molar-refractivity contribution in [2.45, 2.75) is 19.8 Å². The summed E-state index contributed by atoms with van der Waals surface area (Å²) in [6, 6.07) is 8.61. The summed E-state index contributed by atoms with van der Waals surface area (Å²) >= 11 is 0. The molecule has 1 aliphatic carbocycles. The third-order valence-corrected chi connectivity index (χ3v) is 2.53. The van der Waals surface area contributed by atoms with Crippen molar-refractivity contribution in [1.82, 2.24) is 0 Å². The molecule has 2 rings (SSSR count). The van der Waals surface area contributed by atoms with Crippen LogP contribution < -0.4 is 0 Å². The van der Waals surface area contributed by atoms with E-state index in [9.17, 15) is 0 Å². The summed E-state index contributed by atoms with van der Waals surface area (Å²) in [5.41, 5.74) is 4.36. The van der Waals surface area contributed by atoms with Crippen molar-refractivity contribution in [2.75, 3.05) is 0 Å². The van der Waals surface area contributed by atoms with Crippen LogP contribution in [0.1, 0.15) is 30.9 Å². The van der Waals surface area contributed by atoms with Gasteiger partial charge in [0.1, 0.15) is 0 Å². The highest BCUT2D eigenvalue weighted by atomic mass is 14.2. The third kappa shape index (κ3) is 0.900. The van der Waals surface area contributed by atoms with Gasteiger partial charge in [-0.1, -0.05) is 42.8 Å². The van der Waals surface area contributed by atoms with Crippen molar-refractivity contribution in [3.63, 3.8) is 0 Å². The SMILES string of the molecule is CC1=Cc2ccccc2[C@@H]1C. The Bertz CT molecular complexity index is 308. The van der Waals surface area contributed by atoms with Gasteiger partial charge in [0.25, 0.3) is 0 Å². The lowest BCUT2D eigenvalue weighted by atomic mass is 9.99. The molecule has 0 radical (unpaired) electrons. The topological polar surface area (TPSA) is 0 Å². The smallest absolute Gasteiger partial charge is 0.00263 e. The average Bonchev–Trinajstić information content (AvgIpc) is 2.30. The van der Waals surface area contributed by atoms with Crippen LogP contribution in [0.4, 0.5) is 0 Å². The Labute approximate surface area is 67.6 Å². The van der Waals surface area contributed by atoms with Gasteiger partial charge in [0, 0.05) is 5.92 Å². The fourth-order valence-electron chi connectivity index (χ4n) is 1.65. The molecular formula is C11H12. The van der Waals surface area contributed by atoms with Crippen LogP contribution in [0.3, 0.4) is 0 Å². The Balaban J connectivity index is 2.58. The van der Waals surface area contributed by atoms with E-state index in [1.54, 1.807) is 0 Å². The Morgan fingerprint density at radius 1 is 1.18 bits per heavy atom. The highest BCUT2D eigenvalue weighted by Crippen LogP contribution is 2.34. The zero-order chi connectivity index (χ0) is 7.84. The zero-order valence-electron chi connectivity index (χ0n) is 6.96. The number of hydrogen-bond acceptors (Lipinski definition) is 0. The minimum Gasteiger partial charge on any atom is -0.0655 e. The summed E-state index contributed by atoms with van der Waals surface area (Å²) in [6.07, 6.45) is 2.28. The lowest BCUT2D eigenvalue weighted by molar-refractivity contribution is 0.921. The van der Waals surface area contributed by atoms with Crippen molar-refractivity contribution >= 4 is 6.08 Å². The Morgan fingerprint density at radius 3 is 2.64 bits per heavy atom. The first kappa shape index (κ1) is 6.66. The van der Waals surface area contributed by atoms with Crippen LogP contribution in [-0.2, 0) is 0 Å². The number of benzene rings is 1. The second-order valence-corrected chi connectivity index (χ2v) is 3.24. The minimum atomic E-state index is 0.631. The van der Waals surface area contributed by atoms with Gasteiger partial charge in [-0.05, 0) is 18.1 Å². The first-order valence-corrected chi connectivity index (χ1v) is 4.06. The Morgan fingerprint density at radius 2 is 1.91 bits per heavy atom. The lowest BCUT2D eigenvalue weighted by Crippen LogP contribution is -1.88. The second-order valence-electron chi connectivity index (χ2n) is 3.24. The maximum atomic E-state index is 2.28. The van der Waals surface area contributed by atoms with E-state index >= 15 is 0 Å². The molecule has 1 aromatic rings. The maximum absolute atomic E-state index is 2.28. The molecule has 1 aromatic carbocycles. The predicted octanol–water partition coefficient (Wildman–Crippen LogP) is 3.21. The van der Waals surface area contributed by atoms with Crippen molar-refractivity contribution in [3.8, 4) is 0 Å². The number of allylic oxidation sites excluding steroid dienone is 1. The van der Waals surface area contributed by atoms with Crippen molar-refractivity contribution in [3.05, 3.63) is 41.0 Å². The van der Waals surface area contributed by atoms with Gasteiger partial charge in [-0.2, -0.15) is 0 Å². The minimum absolute atomic E-state index is 0.631. The molecular weight excluding hydrogens is 132 g/mol. The van der Waals surface area contributed by atoms with Gasteiger partial charge in [0.05, 0.1) is 0 Å². The molecule has 0 N–H and O–H groups in total. The van der Waals surface area contributed by atoms with Crippen LogP contribution in [0.15, 0.2) is 29.8 Å². The molecule has 0 aromatic heterocycles. The Kier molecular flexibility index (Phi) is 1.35. The summed E-state index contributed by atoms with van der Waals surface area (Å²) in [5, 5.41) is 0. The van der Waals surface area contributed by atoms with Crippen LogP contribution in [0.5, 0.6) is 0 Å². The summed E-state index contributed by atoms with van der Waals surface area (Å²) in [4.78, 5) is 0. The monoisotopic (exact) mass is 144 g/mol. The van der Waals surface area contributed by atoms with E-state index in [1.807, 2.05) is 0 Å². The summed E-state index contributed by atoms with van der Waals surface area (Å²) < 4.78 is 0. The molecule has 0 nitrogen and oxygen atoms in total. The van der Waals surface area contributed by atoms with Gasteiger partial charge in [-0.3, -0.25) is 0 Å². The van der Waals surface area contributed by atoms with E-state index in [2.05, 4.69) is 44.2 Å². The molecule has 0 saturated carbocycles. The summed E-state index contributed by atoms with van der Waals surface area (Å²) in [6.45, 7) is 4.46. The van der Waals surface area contributed by atoms with Crippen LogP contribution in [0, 0.1) is 0 Å². The fraction of sp³-hybridized carbons (Fsp3) is 0.273. The molecule has 0 bridgehead atoms. The molecule has 11 heavy (non-hydrogen) atoms. The Hall–Kier alpha value is -1.04. The van der Waals surface area contributed by atoms with Gasteiger partial charge < -0.3 is 0 Å². The average molecular weight is 144 g/mol. The highest BCUT2D eigenvalue weighted by Gasteiger charge is 2.16. The lowest BCUT2D eigenvalue weighted by Gasteiger charge is -2.05. The van der Waals surface area contributed by atoms with Crippen molar-refractivity contribution in [2.24, 2.45) is 0 Å². The molecule has 56 valence electrons. The molecule has 0 fully saturated rings. The van der Waals surface area contributed by atoms with E-state index < -0.39 is 0 Å². The van der Waals surface area contributed by atoms with Crippen LogP contribution >= 0.6 is 0 Å². The molecule has 0 unspecified atom stereocenters. The number of rotatable bonds is 0. The van der Waals surface area contributed by atoms with Crippen molar-refractivity contribution < 1.29 is 0 Å². The van der Waals surface area contributed by atoms with E-state index in [-0.39, 0.29) is 0 Å². The maximum Gasteiger partial charge on any atom is 0.00263 e. The van der Waals surface area contributed by atoms with E-state index in [4.69, 9.17) is 0 Å². The molecule has 0 spiro atoms. The molecule has 0 heteroatoms. The first-order chi connectivity index (χ1) is 5.29. The van der Waals surface area contributed by atoms with Gasteiger partial charge >= 0.3 is 0 Å². The van der Waals surface area contributed by atoms with Crippen LogP contribution in [0.2, 0.25) is 0 Å². The molecule has 0 heterocycles. The number of hydrogen-bond donors (Lipinski definition) is 0. The molecule has 0 aliphatic heterocycles. The normalized spacial score (nSPS) is 21.3. The fourth-order valence-corrected chi connectivity index (χ4v) is 1.65. The van der Waals surface area contributed by atoms with E-state index in [1.165, 1.54) is 16.7 Å². The van der Waals surface area contributed by atoms with E-state index in [0.29, 0.717) is 5.92 Å². The zero-order valence-corrected chi connectivity index (χ0v) is 6.96. The van der Waals surface area contributed by atoms with Gasteiger partial charge in [-0.15, -0.1) is 0 Å².